The fraction of sp³-hybridized carbons (Fsp3) is 0.421. The van der Waals surface area contributed by atoms with Gasteiger partial charge in [0.1, 0.15) is 6.04 Å². The summed E-state index contributed by atoms with van der Waals surface area (Å²) in [5.41, 5.74) is 0.497. The van der Waals surface area contributed by atoms with Gasteiger partial charge in [0.05, 0.1) is 23.6 Å². The number of benzene rings is 1. The molecule has 142 valence electrons. The third-order valence-corrected chi connectivity index (χ3v) is 4.01. The zero-order valence-electron chi connectivity index (χ0n) is 15.2. The highest BCUT2D eigenvalue weighted by molar-refractivity contribution is 6.22. The highest BCUT2D eigenvalue weighted by Gasteiger charge is 2.43. The number of hydrogen-bond donors (Lipinski definition) is 1. The highest BCUT2D eigenvalue weighted by atomic mass is 16.5. The van der Waals surface area contributed by atoms with Crippen LogP contribution >= 0.6 is 0 Å². The maximum Gasteiger partial charge on any atom is 0.329 e. The Bertz CT molecular complexity index is 762. The number of amides is 3. The standard InChI is InChI=1S/C19H21N3O5/c1-12(2)10-15(19(26)27-11-16(23)21-9-5-8-20)22-17(24)13-6-3-4-7-14(13)18(22)25/h3-4,6-7,12,15H,5,9-11H2,1-2H3,(H,21,23). The van der Waals surface area contributed by atoms with Crippen molar-refractivity contribution in [1.82, 2.24) is 10.2 Å². The average Bonchev–Trinajstić information content (AvgIpc) is 2.89. The van der Waals surface area contributed by atoms with Crippen LogP contribution in [-0.4, -0.2) is 47.8 Å². The van der Waals surface area contributed by atoms with E-state index < -0.39 is 36.3 Å². The van der Waals surface area contributed by atoms with Gasteiger partial charge in [0.25, 0.3) is 17.7 Å². The maximum absolute atomic E-state index is 12.6. The summed E-state index contributed by atoms with van der Waals surface area (Å²) in [6.07, 6.45) is 0.366. The number of nitriles is 1. The van der Waals surface area contributed by atoms with E-state index in [1.54, 1.807) is 12.1 Å². The molecule has 0 saturated heterocycles. The van der Waals surface area contributed by atoms with Gasteiger partial charge in [-0.1, -0.05) is 26.0 Å². The van der Waals surface area contributed by atoms with Crippen molar-refractivity contribution >= 4 is 23.7 Å². The minimum absolute atomic E-state index is 0.0105. The van der Waals surface area contributed by atoms with Crippen molar-refractivity contribution in [1.29, 1.82) is 5.26 Å². The molecule has 1 aliphatic heterocycles. The average molecular weight is 371 g/mol. The minimum atomic E-state index is -1.11. The molecule has 0 bridgehead atoms. The number of nitrogens with zero attached hydrogens (tertiary/aromatic N) is 2. The van der Waals surface area contributed by atoms with Gasteiger partial charge in [-0.05, 0) is 24.5 Å². The molecule has 8 nitrogen and oxygen atoms in total. The van der Waals surface area contributed by atoms with Gasteiger partial charge >= 0.3 is 5.97 Å². The number of ether oxygens (including phenoxy) is 1. The van der Waals surface area contributed by atoms with E-state index in [-0.39, 0.29) is 36.4 Å². The molecule has 0 aromatic heterocycles. The molecule has 8 heteroatoms. The molecular formula is C19H21N3O5. The van der Waals surface area contributed by atoms with Gasteiger partial charge in [0, 0.05) is 6.54 Å². The Hall–Kier alpha value is -3.21. The van der Waals surface area contributed by atoms with Crippen molar-refractivity contribution in [2.24, 2.45) is 5.92 Å². The molecule has 1 aromatic carbocycles. The molecule has 3 amide bonds. The first-order valence-corrected chi connectivity index (χ1v) is 8.64. The lowest BCUT2D eigenvalue weighted by molar-refractivity contribution is -0.152. The molecule has 0 radical (unpaired) electrons. The van der Waals surface area contributed by atoms with E-state index in [2.05, 4.69) is 5.32 Å². The number of imide groups is 1. The van der Waals surface area contributed by atoms with Crippen LogP contribution in [0.5, 0.6) is 0 Å². The third kappa shape index (κ3) is 4.70. The zero-order valence-corrected chi connectivity index (χ0v) is 15.2. The summed E-state index contributed by atoms with van der Waals surface area (Å²) >= 11 is 0. The van der Waals surface area contributed by atoms with Gasteiger partial charge < -0.3 is 10.1 Å². The number of hydrogen-bond acceptors (Lipinski definition) is 6. The van der Waals surface area contributed by atoms with E-state index in [1.165, 1.54) is 12.1 Å². The van der Waals surface area contributed by atoms with Gasteiger partial charge in [0.2, 0.25) is 0 Å². The van der Waals surface area contributed by atoms with Gasteiger partial charge in [-0.2, -0.15) is 5.26 Å². The Morgan fingerprint density at radius 2 is 1.78 bits per heavy atom. The molecule has 1 aromatic rings. The fourth-order valence-electron chi connectivity index (χ4n) is 2.79. The van der Waals surface area contributed by atoms with Gasteiger partial charge in [0.15, 0.2) is 6.61 Å². The lowest BCUT2D eigenvalue weighted by atomic mass is 10.0. The van der Waals surface area contributed by atoms with Crippen molar-refractivity contribution in [2.45, 2.75) is 32.7 Å². The molecule has 1 unspecified atom stereocenters. The summed E-state index contributed by atoms with van der Waals surface area (Å²) in [5, 5.41) is 10.9. The largest absolute Gasteiger partial charge is 0.454 e. The summed E-state index contributed by atoms with van der Waals surface area (Å²) in [7, 11) is 0. The number of rotatable bonds is 8. The molecule has 1 N–H and O–H groups in total. The van der Waals surface area contributed by atoms with Crippen LogP contribution in [0.1, 0.15) is 47.4 Å². The molecule has 27 heavy (non-hydrogen) atoms. The van der Waals surface area contributed by atoms with E-state index in [4.69, 9.17) is 10.00 Å². The summed E-state index contributed by atoms with van der Waals surface area (Å²) in [6.45, 7) is 3.32. The van der Waals surface area contributed by atoms with E-state index in [9.17, 15) is 19.2 Å². The lowest BCUT2D eigenvalue weighted by Crippen LogP contribution is -2.47. The Labute approximate surface area is 157 Å². The number of nitrogens with one attached hydrogen (secondary N) is 1. The second-order valence-electron chi connectivity index (χ2n) is 6.54. The number of carbonyl (C=O) groups is 4. The SMILES string of the molecule is CC(C)CC(C(=O)OCC(=O)NCCC#N)N1C(=O)c2ccccc2C1=O. The van der Waals surface area contributed by atoms with Gasteiger partial charge in [-0.25, -0.2) is 4.79 Å². The van der Waals surface area contributed by atoms with Crippen molar-refractivity contribution in [2.75, 3.05) is 13.2 Å². The smallest absolute Gasteiger partial charge is 0.329 e. The van der Waals surface area contributed by atoms with E-state index in [1.807, 2.05) is 19.9 Å². The number of carbonyl (C=O) groups excluding carboxylic acids is 4. The van der Waals surface area contributed by atoms with Crippen LogP contribution in [0.4, 0.5) is 0 Å². The number of fused-ring (bicyclic) bond motifs is 1. The predicted octanol–water partition coefficient (Wildman–Crippen LogP) is 1.27. The fourth-order valence-corrected chi connectivity index (χ4v) is 2.79. The first-order chi connectivity index (χ1) is 12.9. The normalized spacial score (nSPS) is 13.9. The third-order valence-electron chi connectivity index (χ3n) is 4.01. The van der Waals surface area contributed by atoms with Crippen LogP contribution in [0.3, 0.4) is 0 Å². The second kappa shape index (κ2) is 8.94. The first kappa shape index (κ1) is 20.1. The van der Waals surface area contributed by atoms with E-state index in [0.717, 1.165) is 4.90 Å². The Balaban J connectivity index is 2.11. The van der Waals surface area contributed by atoms with Crippen LogP contribution in [0.2, 0.25) is 0 Å². The lowest BCUT2D eigenvalue weighted by Gasteiger charge is -2.25. The summed E-state index contributed by atoms with van der Waals surface area (Å²) < 4.78 is 5.03. The van der Waals surface area contributed by atoms with Crippen LogP contribution < -0.4 is 5.32 Å². The zero-order chi connectivity index (χ0) is 20.0. The second-order valence-corrected chi connectivity index (χ2v) is 6.54. The Morgan fingerprint density at radius 3 is 2.30 bits per heavy atom. The van der Waals surface area contributed by atoms with Crippen LogP contribution in [0, 0.1) is 17.2 Å². The molecule has 0 fully saturated rings. The molecule has 0 saturated carbocycles. The van der Waals surface area contributed by atoms with E-state index >= 15 is 0 Å². The van der Waals surface area contributed by atoms with Crippen molar-refractivity contribution < 1.29 is 23.9 Å². The molecular weight excluding hydrogens is 350 g/mol. The quantitative estimate of drug-likeness (QED) is 0.418. The minimum Gasteiger partial charge on any atom is -0.454 e. The molecule has 0 aliphatic carbocycles. The van der Waals surface area contributed by atoms with Crippen molar-refractivity contribution in [3.63, 3.8) is 0 Å². The van der Waals surface area contributed by atoms with Crippen molar-refractivity contribution in [3.05, 3.63) is 35.4 Å². The van der Waals surface area contributed by atoms with Gasteiger partial charge in [-0.15, -0.1) is 0 Å². The number of esters is 1. The molecule has 1 aliphatic rings. The predicted molar refractivity (Wildman–Crippen MR) is 94.4 cm³/mol. The summed E-state index contributed by atoms with van der Waals surface area (Å²) in [4.78, 5) is 50.4. The molecule has 0 spiro atoms. The molecule has 2 rings (SSSR count). The van der Waals surface area contributed by atoms with E-state index in [0.29, 0.717) is 0 Å². The first-order valence-electron chi connectivity index (χ1n) is 8.64. The van der Waals surface area contributed by atoms with Gasteiger partial charge in [-0.3, -0.25) is 19.3 Å². The van der Waals surface area contributed by atoms with Crippen molar-refractivity contribution in [3.8, 4) is 6.07 Å². The highest BCUT2D eigenvalue weighted by Crippen LogP contribution is 2.27. The monoisotopic (exact) mass is 371 g/mol. The Morgan fingerprint density at radius 1 is 1.19 bits per heavy atom. The summed E-state index contributed by atoms with van der Waals surface area (Å²) in [6, 6.07) is 7.14. The maximum atomic E-state index is 12.6. The summed E-state index contributed by atoms with van der Waals surface area (Å²) in [5.74, 6) is -2.44. The Kier molecular flexibility index (Phi) is 6.66. The van der Waals surface area contributed by atoms with Crippen LogP contribution in [0.15, 0.2) is 24.3 Å². The molecule has 1 heterocycles. The van der Waals surface area contributed by atoms with Crippen LogP contribution in [-0.2, 0) is 14.3 Å². The van der Waals surface area contributed by atoms with Crippen LogP contribution in [0.25, 0.3) is 0 Å². The molecule has 1 atom stereocenters. The topological polar surface area (TPSA) is 117 Å².